The second-order valence-electron chi connectivity index (χ2n) is 3.98. The molecule has 0 fully saturated rings. The normalized spacial score (nSPS) is 13.6. The highest BCUT2D eigenvalue weighted by Gasteiger charge is 2.14. The van der Waals surface area contributed by atoms with Crippen molar-refractivity contribution in [2.24, 2.45) is 0 Å². The van der Waals surface area contributed by atoms with Crippen LogP contribution in [0.25, 0.3) is 0 Å². The lowest BCUT2D eigenvalue weighted by Crippen LogP contribution is -2.11. The molecule has 0 saturated heterocycles. The van der Waals surface area contributed by atoms with Crippen molar-refractivity contribution < 1.29 is 13.5 Å². The van der Waals surface area contributed by atoms with Crippen LogP contribution in [0.2, 0.25) is 5.02 Å². The molecule has 1 N–H and O–H groups in total. The lowest BCUT2D eigenvalue weighted by Gasteiger charge is -2.08. The summed E-state index contributed by atoms with van der Waals surface area (Å²) >= 11 is 5.70. The first kappa shape index (κ1) is 14.5. The van der Waals surface area contributed by atoms with Gasteiger partial charge in [-0.15, -0.1) is 0 Å². The third-order valence-corrected chi connectivity index (χ3v) is 4.66. The van der Waals surface area contributed by atoms with Crippen LogP contribution in [-0.2, 0) is 9.84 Å². The van der Waals surface area contributed by atoms with E-state index in [9.17, 15) is 13.5 Å². The average Bonchev–Trinajstić information content (AvgIpc) is 2.29. The Morgan fingerprint density at radius 2 is 1.88 bits per heavy atom. The van der Waals surface area contributed by atoms with Crippen molar-refractivity contribution in [2.45, 2.75) is 37.2 Å². The summed E-state index contributed by atoms with van der Waals surface area (Å²) < 4.78 is 23.8. The van der Waals surface area contributed by atoms with Crippen molar-refractivity contribution in [1.82, 2.24) is 0 Å². The summed E-state index contributed by atoms with van der Waals surface area (Å²) in [7, 11) is -3.25. The molecule has 0 spiro atoms. The van der Waals surface area contributed by atoms with Gasteiger partial charge in [0.1, 0.15) is 0 Å². The number of hydrogen-bond acceptors (Lipinski definition) is 3. The Bertz CT molecular complexity index is 439. The fourth-order valence-corrected chi connectivity index (χ4v) is 2.93. The lowest BCUT2D eigenvalue weighted by molar-refractivity contribution is 0.159. The third kappa shape index (κ3) is 4.66. The highest BCUT2D eigenvalue weighted by molar-refractivity contribution is 7.91. The summed E-state index contributed by atoms with van der Waals surface area (Å²) in [6.45, 7) is 1.87. The van der Waals surface area contributed by atoms with Gasteiger partial charge in [-0.3, -0.25) is 0 Å². The highest BCUT2D eigenvalue weighted by Crippen LogP contribution is 2.16. The average molecular weight is 277 g/mol. The molecule has 0 amide bonds. The van der Waals surface area contributed by atoms with Crippen LogP contribution in [0.4, 0.5) is 0 Å². The van der Waals surface area contributed by atoms with Gasteiger partial charge in [-0.25, -0.2) is 8.42 Å². The fraction of sp³-hybridized carbons (Fsp3) is 0.500. The van der Waals surface area contributed by atoms with Gasteiger partial charge in [0, 0.05) is 5.02 Å². The fourth-order valence-electron chi connectivity index (χ4n) is 1.47. The van der Waals surface area contributed by atoms with Crippen LogP contribution in [0.5, 0.6) is 0 Å². The van der Waals surface area contributed by atoms with Gasteiger partial charge >= 0.3 is 0 Å². The predicted octanol–water partition coefficient (Wildman–Crippen LogP) is 2.66. The van der Waals surface area contributed by atoms with Crippen LogP contribution in [-0.4, -0.2) is 25.4 Å². The van der Waals surface area contributed by atoms with Gasteiger partial charge in [0.25, 0.3) is 0 Å². The van der Waals surface area contributed by atoms with Crippen molar-refractivity contribution in [3.8, 4) is 0 Å². The summed E-state index contributed by atoms with van der Waals surface area (Å²) in [5.41, 5.74) is 0. The largest absolute Gasteiger partial charge is 0.393 e. The molecule has 0 saturated carbocycles. The number of rotatable bonds is 6. The van der Waals surface area contributed by atoms with E-state index in [0.717, 1.165) is 0 Å². The van der Waals surface area contributed by atoms with Crippen molar-refractivity contribution >= 4 is 21.4 Å². The van der Waals surface area contributed by atoms with E-state index in [4.69, 9.17) is 11.6 Å². The quantitative estimate of drug-likeness (QED) is 0.869. The van der Waals surface area contributed by atoms with Gasteiger partial charge in [-0.05, 0) is 43.5 Å². The molecule has 1 unspecified atom stereocenters. The minimum Gasteiger partial charge on any atom is -0.393 e. The summed E-state index contributed by atoms with van der Waals surface area (Å²) in [5.74, 6) is 0.0612. The standard InChI is InChI=1S/C12H17ClO3S/c1-2-11(14)4-3-9-17(15,16)12-7-5-10(13)6-8-12/h5-8,11,14H,2-4,9H2,1H3. The van der Waals surface area contributed by atoms with Crippen LogP contribution in [0.3, 0.4) is 0 Å². The minimum atomic E-state index is -3.25. The summed E-state index contributed by atoms with van der Waals surface area (Å²) in [6.07, 6.45) is 1.24. The zero-order chi connectivity index (χ0) is 12.9. The van der Waals surface area contributed by atoms with Crippen molar-refractivity contribution in [1.29, 1.82) is 0 Å². The smallest absolute Gasteiger partial charge is 0.178 e. The molecule has 0 aromatic heterocycles. The van der Waals surface area contributed by atoms with E-state index >= 15 is 0 Å². The number of benzene rings is 1. The first-order valence-corrected chi connectivity index (χ1v) is 7.65. The molecule has 1 rings (SSSR count). The maximum Gasteiger partial charge on any atom is 0.178 e. The second-order valence-corrected chi connectivity index (χ2v) is 6.52. The highest BCUT2D eigenvalue weighted by atomic mass is 35.5. The number of hydrogen-bond donors (Lipinski definition) is 1. The van der Waals surface area contributed by atoms with Gasteiger partial charge in [0.15, 0.2) is 9.84 Å². The third-order valence-electron chi connectivity index (χ3n) is 2.59. The first-order valence-electron chi connectivity index (χ1n) is 5.62. The van der Waals surface area contributed by atoms with E-state index in [1.54, 1.807) is 12.1 Å². The molecule has 96 valence electrons. The van der Waals surface area contributed by atoms with Crippen LogP contribution in [0, 0.1) is 0 Å². The van der Waals surface area contributed by atoms with Gasteiger partial charge in [-0.2, -0.15) is 0 Å². The molecule has 1 aromatic carbocycles. The molecular weight excluding hydrogens is 260 g/mol. The molecule has 1 aromatic rings. The minimum absolute atomic E-state index is 0.0612. The van der Waals surface area contributed by atoms with Crippen molar-refractivity contribution in [2.75, 3.05) is 5.75 Å². The van der Waals surface area contributed by atoms with Crippen LogP contribution >= 0.6 is 11.6 Å². The Hall–Kier alpha value is -0.580. The maximum atomic E-state index is 11.9. The van der Waals surface area contributed by atoms with Crippen molar-refractivity contribution in [3.05, 3.63) is 29.3 Å². The van der Waals surface area contributed by atoms with Gasteiger partial charge < -0.3 is 5.11 Å². The van der Waals surface area contributed by atoms with Crippen LogP contribution < -0.4 is 0 Å². The van der Waals surface area contributed by atoms with E-state index in [-0.39, 0.29) is 10.6 Å². The van der Waals surface area contributed by atoms with Crippen molar-refractivity contribution in [3.63, 3.8) is 0 Å². The molecule has 5 heteroatoms. The number of aliphatic hydroxyl groups is 1. The topological polar surface area (TPSA) is 54.4 Å². The summed E-state index contributed by atoms with van der Waals surface area (Å²) in [6, 6.07) is 6.15. The van der Waals surface area contributed by atoms with Gasteiger partial charge in [-0.1, -0.05) is 18.5 Å². The number of sulfone groups is 1. The molecule has 0 aliphatic carbocycles. The van der Waals surface area contributed by atoms with E-state index < -0.39 is 15.9 Å². The molecule has 1 atom stereocenters. The van der Waals surface area contributed by atoms with E-state index in [1.165, 1.54) is 12.1 Å². The molecule has 0 bridgehead atoms. The molecule has 0 heterocycles. The van der Waals surface area contributed by atoms with Gasteiger partial charge in [0.2, 0.25) is 0 Å². The predicted molar refractivity (Wildman–Crippen MR) is 69.0 cm³/mol. The Labute approximate surface area is 107 Å². The summed E-state index contributed by atoms with van der Waals surface area (Å²) in [5, 5.41) is 9.87. The monoisotopic (exact) mass is 276 g/mol. The number of aliphatic hydroxyl groups excluding tert-OH is 1. The maximum absolute atomic E-state index is 11.9. The lowest BCUT2D eigenvalue weighted by atomic mass is 10.2. The van der Waals surface area contributed by atoms with Crippen LogP contribution in [0.15, 0.2) is 29.2 Å². The second kappa shape index (κ2) is 6.38. The van der Waals surface area contributed by atoms with Gasteiger partial charge in [0.05, 0.1) is 16.8 Å². The van der Waals surface area contributed by atoms with Crippen LogP contribution in [0.1, 0.15) is 26.2 Å². The Morgan fingerprint density at radius 1 is 1.29 bits per heavy atom. The molecular formula is C12H17ClO3S. The van der Waals surface area contributed by atoms with E-state index in [2.05, 4.69) is 0 Å². The SMILES string of the molecule is CCC(O)CCCS(=O)(=O)c1ccc(Cl)cc1. The molecule has 3 nitrogen and oxygen atoms in total. The summed E-state index contributed by atoms with van der Waals surface area (Å²) in [4.78, 5) is 0.285. The molecule has 0 radical (unpaired) electrons. The Morgan fingerprint density at radius 3 is 2.41 bits per heavy atom. The first-order chi connectivity index (χ1) is 7.95. The van der Waals surface area contributed by atoms with E-state index in [1.807, 2.05) is 6.92 Å². The zero-order valence-corrected chi connectivity index (χ0v) is 11.3. The Balaban J connectivity index is 2.60. The van der Waals surface area contributed by atoms with E-state index in [0.29, 0.717) is 24.3 Å². The molecule has 0 aliphatic rings. The number of halogens is 1. The Kier molecular flexibility index (Phi) is 5.43. The zero-order valence-electron chi connectivity index (χ0n) is 9.77. The molecule has 17 heavy (non-hydrogen) atoms. The molecule has 0 aliphatic heterocycles.